The molecule has 0 saturated carbocycles. The second-order valence-corrected chi connectivity index (χ2v) is 4.67. The summed E-state index contributed by atoms with van der Waals surface area (Å²) < 4.78 is 10.8. The summed E-state index contributed by atoms with van der Waals surface area (Å²) in [4.78, 5) is 4.32. The number of ether oxygens (including phenoxy) is 1. The van der Waals surface area contributed by atoms with E-state index in [0.717, 1.165) is 22.6 Å². The van der Waals surface area contributed by atoms with E-state index in [-0.39, 0.29) is 0 Å². The third kappa shape index (κ3) is 2.33. The van der Waals surface area contributed by atoms with Crippen molar-refractivity contribution in [3.05, 3.63) is 48.2 Å². The number of pyridine rings is 1. The summed E-state index contributed by atoms with van der Waals surface area (Å²) in [7, 11) is 1.64. The fourth-order valence-electron chi connectivity index (χ4n) is 2.22. The van der Waals surface area contributed by atoms with E-state index in [1.54, 1.807) is 13.3 Å². The maximum atomic E-state index is 5.94. The summed E-state index contributed by atoms with van der Waals surface area (Å²) in [6.45, 7) is 1.98. The van der Waals surface area contributed by atoms with Gasteiger partial charge in [-0.1, -0.05) is 23.4 Å². The second kappa shape index (κ2) is 5.28. The van der Waals surface area contributed by atoms with Gasteiger partial charge in [0.2, 0.25) is 0 Å². The largest absolute Gasteiger partial charge is 0.496 e. The van der Waals surface area contributed by atoms with Crippen molar-refractivity contribution in [3.63, 3.8) is 0 Å². The van der Waals surface area contributed by atoms with E-state index in [2.05, 4.69) is 10.1 Å². The first-order valence-corrected chi connectivity index (χ1v) is 6.52. The Morgan fingerprint density at radius 2 is 2.05 bits per heavy atom. The zero-order valence-corrected chi connectivity index (χ0v) is 11.8. The van der Waals surface area contributed by atoms with Crippen LogP contribution in [0.4, 0.5) is 5.82 Å². The van der Waals surface area contributed by atoms with E-state index >= 15 is 0 Å². The molecule has 0 aliphatic rings. The van der Waals surface area contributed by atoms with Crippen molar-refractivity contribution < 1.29 is 9.26 Å². The Bertz CT molecular complexity index is 766. The van der Waals surface area contributed by atoms with Gasteiger partial charge in [0, 0.05) is 11.8 Å². The van der Waals surface area contributed by atoms with Crippen LogP contribution in [0, 0.1) is 6.92 Å². The number of hydrogen-bond acceptors (Lipinski definition) is 5. The maximum absolute atomic E-state index is 5.94. The molecule has 0 aliphatic carbocycles. The Labute approximate surface area is 122 Å². The molecule has 2 N–H and O–H groups in total. The van der Waals surface area contributed by atoms with Crippen LogP contribution in [0.5, 0.6) is 5.75 Å². The summed E-state index contributed by atoms with van der Waals surface area (Å²) in [5.74, 6) is 1.70. The van der Waals surface area contributed by atoms with Gasteiger partial charge in [0.1, 0.15) is 5.75 Å². The Morgan fingerprint density at radius 1 is 1.19 bits per heavy atom. The molecule has 5 heteroatoms. The van der Waals surface area contributed by atoms with Gasteiger partial charge in [-0.15, -0.1) is 0 Å². The minimum atomic E-state index is 0.322. The highest BCUT2D eigenvalue weighted by molar-refractivity contribution is 5.85. The number of nitrogens with zero attached hydrogens (tertiary/aromatic N) is 2. The molecule has 2 aromatic heterocycles. The molecule has 0 saturated heterocycles. The first kappa shape index (κ1) is 13.2. The molecular formula is C16H15N3O2. The number of aryl methyl sites for hydroxylation is 1. The average molecular weight is 281 g/mol. The lowest BCUT2D eigenvalue weighted by Gasteiger charge is -2.07. The second-order valence-electron chi connectivity index (χ2n) is 4.67. The average Bonchev–Trinajstić information content (AvgIpc) is 2.90. The van der Waals surface area contributed by atoms with Crippen LogP contribution < -0.4 is 10.5 Å². The molecule has 0 spiro atoms. The van der Waals surface area contributed by atoms with E-state index < -0.39 is 0 Å². The van der Waals surface area contributed by atoms with Crippen LogP contribution in [-0.4, -0.2) is 17.3 Å². The highest BCUT2D eigenvalue weighted by Crippen LogP contribution is 2.37. The van der Waals surface area contributed by atoms with Gasteiger partial charge >= 0.3 is 0 Å². The molecule has 0 bridgehead atoms. The fourth-order valence-corrected chi connectivity index (χ4v) is 2.22. The van der Waals surface area contributed by atoms with Gasteiger partial charge in [-0.25, -0.2) is 0 Å². The summed E-state index contributed by atoms with van der Waals surface area (Å²) in [6.07, 6.45) is 1.71. The molecule has 0 radical (unpaired) electrons. The van der Waals surface area contributed by atoms with Crippen molar-refractivity contribution in [2.24, 2.45) is 0 Å². The van der Waals surface area contributed by atoms with Crippen LogP contribution in [0.2, 0.25) is 0 Å². The minimum absolute atomic E-state index is 0.322. The quantitative estimate of drug-likeness (QED) is 0.797. The van der Waals surface area contributed by atoms with Crippen molar-refractivity contribution in [1.82, 2.24) is 10.1 Å². The summed E-state index contributed by atoms with van der Waals surface area (Å²) in [5.41, 5.74) is 9.26. The van der Waals surface area contributed by atoms with Gasteiger partial charge in [-0.3, -0.25) is 4.98 Å². The standard InChI is InChI=1S/C16H15N3O2/c1-10-6-7-11(9-13(10)20-2)15-14(16(17)19-21-15)12-5-3-4-8-18-12/h3-9H,1-2H3,(H2,17,19). The van der Waals surface area contributed by atoms with Gasteiger partial charge in [-0.05, 0) is 30.7 Å². The number of benzene rings is 1. The Hall–Kier alpha value is -2.82. The van der Waals surface area contributed by atoms with Crippen molar-refractivity contribution in [2.75, 3.05) is 12.8 Å². The zero-order chi connectivity index (χ0) is 14.8. The van der Waals surface area contributed by atoms with Gasteiger partial charge < -0.3 is 15.0 Å². The van der Waals surface area contributed by atoms with Crippen LogP contribution in [0.3, 0.4) is 0 Å². The molecule has 2 heterocycles. The highest BCUT2D eigenvalue weighted by atomic mass is 16.5. The lowest BCUT2D eigenvalue weighted by molar-refractivity contribution is 0.410. The molecule has 0 aliphatic heterocycles. The third-order valence-electron chi connectivity index (χ3n) is 3.31. The molecule has 3 rings (SSSR count). The lowest BCUT2D eigenvalue weighted by atomic mass is 10.0. The third-order valence-corrected chi connectivity index (χ3v) is 3.31. The van der Waals surface area contributed by atoms with Gasteiger partial charge in [-0.2, -0.15) is 0 Å². The SMILES string of the molecule is COc1cc(-c2onc(N)c2-c2ccccn2)ccc1C. The van der Waals surface area contributed by atoms with E-state index in [9.17, 15) is 0 Å². The topological polar surface area (TPSA) is 74.2 Å². The molecule has 1 aromatic carbocycles. The highest BCUT2D eigenvalue weighted by Gasteiger charge is 2.19. The molecule has 5 nitrogen and oxygen atoms in total. The van der Waals surface area contributed by atoms with Crippen LogP contribution in [0.15, 0.2) is 47.1 Å². The normalized spacial score (nSPS) is 10.6. The smallest absolute Gasteiger partial charge is 0.178 e. The Balaban J connectivity index is 2.17. The monoisotopic (exact) mass is 281 g/mol. The van der Waals surface area contributed by atoms with E-state index in [1.165, 1.54) is 0 Å². The number of hydrogen-bond donors (Lipinski definition) is 1. The summed E-state index contributed by atoms with van der Waals surface area (Å²) >= 11 is 0. The van der Waals surface area contributed by atoms with Crippen LogP contribution in [-0.2, 0) is 0 Å². The van der Waals surface area contributed by atoms with Crippen molar-refractivity contribution >= 4 is 5.82 Å². The molecule has 3 aromatic rings. The van der Waals surface area contributed by atoms with E-state index in [0.29, 0.717) is 17.1 Å². The molecule has 0 atom stereocenters. The number of anilines is 1. The zero-order valence-electron chi connectivity index (χ0n) is 11.8. The first-order valence-electron chi connectivity index (χ1n) is 6.52. The van der Waals surface area contributed by atoms with E-state index in [1.807, 2.05) is 43.3 Å². The lowest BCUT2D eigenvalue weighted by Crippen LogP contribution is -1.91. The molecule has 0 unspecified atom stereocenters. The van der Waals surface area contributed by atoms with Crippen LogP contribution in [0.25, 0.3) is 22.6 Å². The number of aromatic nitrogens is 2. The number of rotatable bonds is 3. The predicted molar refractivity (Wildman–Crippen MR) is 80.9 cm³/mol. The van der Waals surface area contributed by atoms with Crippen molar-refractivity contribution in [2.45, 2.75) is 6.92 Å². The Morgan fingerprint density at radius 3 is 2.76 bits per heavy atom. The molecule has 21 heavy (non-hydrogen) atoms. The van der Waals surface area contributed by atoms with E-state index in [4.69, 9.17) is 15.0 Å². The predicted octanol–water partition coefficient (Wildman–Crippen LogP) is 3.30. The fraction of sp³-hybridized carbons (Fsp3) is 0.125. The van der Waals surface area contributed by atoms with Crippen LogP contribution in [0.1, 0.15) is 5.56 Å². The molecule has 0 amide bonds. The Kier molecular flexibility index (Phi) is 3.31. The van der Waals surface area contributed by atoms with Crippen molar-refractivity contribution in [1.29, 1.82) is 0 Å². The summed E-state index contributed by atoms with van der Waals surface area (Å²) in [6, 6.07) is 11.4. The number of nitrogens with two attached hydrogens (primary N) is 1. The minimum Gasteiger partial charge on any atom is -0.496 e. The number of methoxy groups -OCH3 is 1. The van der Waals surface area contributed by atoms with Gasteiger partial charge in [0.25, 0.3) is 0 Å². The first-order chi connectivity index (χ1) is 10.2. The molecular weight excluding hydrogens is 266 g/mol. The van der Waals surface area contributed by atoms with Gasteiger partial charge in [0.05, 0.1) is 18.4 Å². The summed E-state index contributed by atoms with van der Waals surface area (Å²) in [5, 5.41) is 3.87. The number of nitrogen functional groups attached to an aromatic ring is 1. The molecule has 0 fully saturated rings. The van der Waals surface area contributed by atoms with Crippen LogP contribution >= 0.6 is 0 Å². The van der Waals surface area contributed by atoms with Gasteiger partial charge in [0.15, 0.2) is 11.6 Å². The van der Waals surface area contributed by atoms with Crippen molar-refractivity contribution in [3.8, 4) is 28.3 Å². The molecule has 106 valence electrons. The maximum Gasteiger partial charge on any atom is 0.178 e.